The molecule has 0 unspecified atom stereocenters. The number of benzene rings is 2. The summed E-state index contributed by atoms with van der Waals surface area (Å²) in [6, 6.07) is 20.3. The summed E-state index contributed by atoms with van der Waals surface area (Å²) in [6.07, 6.45) is 3.39. The molecule has 144 valence electrons. The molecular weight excluding hydrogens is 384 g/mol. The number of imidazole rings is 1. The van der Waals surface area contributed by atoms with Crippen LogP contribution in [0.2, 0.25) is 0 Å². The third-order valence-corrected chi connectivity index (χ3v) is 5.29. The highest BCUT2D eigenvalue weighted by Gasteiger charge is 2.13. The van der Waals surface area contributed by atoms with Gasteiger partial charge in [-0.25, -0.2) is 9.78 Å². The summed E-state index contributed by atoms with van der Waals surface area (Å²) < 4.78 is 1.53. The minimum atomic E-state index is -0.250. The molecule has 2 heterocycles. The molecule has 4 rings (SSSR count). The summed E-state index contributed by atoms with van der Waals surface area (Å²) >= 11 is 1.53. The normalized spacial score (nSPS) is 10.7. The van der Waals surface area contributed by atoms with Gasteiger partial charge in [-0.15, -0.1) is 0 Å². The Morgan fingerprint density at radius 2 is 1.79 bits per heavy atom. The highest BCUT2D eigenvalue weighted by molar-refractivity contribution is 7.99. The quantitative estimate of drug-likeness (QED) is 0.522. The van der Waals surface area contributed by atoms with Gasteiger partial charge in [-0.1, -0.05) is 30.0 Å². The molecule has 2 aromatic heterocycles. The Labute approximate surface area is 171 Å². The lowest BCUT2D eigenvalue weighted by Crippen LogP contribution is -2.19. The van der Waals surface area contributed by atoms with Crippen molar-refractivity contribution >= 4 is 23.4 Å². The van der Waals surface area contributed by atoms with Crippen molar-refractivity contribution in [2.24, 2.45) is 0 Å². The van der Waals surface area contributed by atoms with E-state index in [4.69, 9.17) is 0 Å². The lowest BCUT2D eigenvalue weighted by molar-refractivity contribution is 0.102. The number of anilines is 1. The van der Waals surface area contributed by atoms with Gasteiger partial charge in [0.05, 0.1) is 11.4 Å². The van der Waals surface area contributed by atoms with Crippen LogP contribution in [0, 0.1) is 6.92 Å². The Morgan fingerprint density at radius 1 is 1.03 bits per heavy atom. The van der Waals surface area contributed by atoms with Crippen molar-refractivity contribution in [3.05, 3.63) is 101 Å². The molecule has 1 amide bonds. The van der Waals surface area contributed by atoms with E-state index in [1.54, 1.807) is 36.7 Å². The number of aromatic amines is 1. The van der Waals surface area contributed by atoms with E-state index in [1.807, 2.05) is 49.4 Å². The van der Waals surface area contributed by atoms with Crippen LogP contribution >= 0.6 is 11.8 Å². The average molecular weight is 402 g/mol. The number of hydrogen-bond donors (Lipinski definition) is 2. The number of nitrogens with one attached hydrogen (secondary N) is 2. The predicted octanol–water partition coefficient (Wildman–Crippen LogP) is 4.27. The molecule has 0 aliphatic heterocycles. The minimum Gasteiger partial charge on any atom is -0.320 e. The van der Waals surface area contributed by atoms with Gasteiger partial charge in [0.1, 0.15) is 5.03 Å². The van der Waals surface area contributed by atoms with Gasteiger partial charge in [0.2, 0.25) is 0 Å². The first-order chi connectivity index (χ1) is 14.1. The monoisotopic (exact) mass is 402 g/mol. The van der Waals surface area contributed by atoms with E-state index in [-0.39, 0.29) is 11.6 Å². The van der Waals surface area contributed by atoms with Gasteiger partial charge in [0, 0.05) is 28.5 Å². The van der Waals surface area contributed by atoms with Crippen LogP contribution in [-0.2, 0) is 0 Å². The molecule has 6 nitrogen and oxygen atoms in total. The van der Waals surface area contributed by atoms with Crippen molar-refractivity contribution in [3.8, 4) is 5.69 Å². The summed E-state index contributed by atoms with van der Waals surface area (Å²) in [5.74, 6) is -0.243. The fourth-order valence-corrected chi connectivity index (χ4v) is 3.70. The van der Waals surface area contributed by atoms with E-state index in [0.29, 0.717) is 16.9 Å². The molecule has 4 aromatic rings. The van der Waals surface area contributed by atoms with E-state index in [9.17, 15) is 9.59 Å². The van der Waals surface area contributed by atoms with Gasteiger partial charge in [0.15, 0.2) is 0 Å². The standard InChI is InChI=1S/C22H18N4O2S/c1-15-14-24-22(28)26(15)19-7-3-2-6-18(19)25-21(27)16-9-11-17(12-10-16)29-20-8-4-5-13-23-20/h2-14H,1H3,(H,24,28)(H,25,27). The van der Waals surface area contributed by atoms with Gasteiger partial charge < -0.3 is 10.3 Å². The number of nitrogens with zero attached hydrogens (tertiary/aromatic N) is 2. The highest BCUT2D eigenvalue weighted by Crippen LogP contribution is 2.26. The molecule has 0 saturated heterocycles. The van der Waals surface area contributed by atoms with Crippen LogP contribution in [-0.4, -0.2) is 20.4 Å². The zero-order chi connectivity index (χ0) is 20.2. The first-order valence-electron chi connectivity index (χ1n) is 8.98. The molecule has 2 aromatic carbocycles. The Morgan fingerprint density at radius 3 is 2.48 bits per heavy atom. The fraction of sp³-hybridized carbons (Fsp3) is 0.0455. The van der Waals surface area contributed by atoms with Gasteiger partial charge in [0.25, 0.3) is 5.91 Å². The minimum absolute atomic E-state index is 0.243. The number of aromatic nitrogens is 3. The number of hydrogen-bond acceptors (Lipinski definition) is 4. The maximum Gasteiger partial charge on any atom is 0.330 e. The van der Waals surface area contributed by atoms with E-state index in [2.05, 4.69) is 15.3 Å². The van der Waals surface area contributed by atoms with Crippen LogP contribution in [0.5, 0.6) is 0 Å². The van der Waals surface area contributed by atoms with Crippen LogP contribution in [0.1, 0.15) is 16.1 Å². The smallest absolute Gasteiger partial charge is 0.320 e. The Balaban J connectivity index is 1.54. The lowest BCUT2D eigenvalue weighted by Gasteiger charge is -2.12. The van der Waals surface area contributed by atoms with Crippen molar-refractivity contribution < 1.29 is 4.79 Å². The largest absolute Gasteiger partial charge is 0.330 e. The molecule has 0 spiro atoms. The maximum atomic E-state index is 12.7. The molecule has 0 fully saturated rings. The summed E-state index contributed by atoms with van der Waals surface area (Å²) in [5, 5.41) is 3.80. The number of carbonyl (C=O) groups excluding carboxylic acids is 1. The Hall–Kier alpha value is -3.58. The van der Waals surface area contributed by atoms with Crippen molar-refractivity contribution in [1.29, 1.82) is 0 Å². The second-order valence-electron chi connectivity index (χ2n) is 6.34. The third kappa shape index (κ3) is 4.14. The molecule has 0 atom stereocenters. The van der Waals surface area contributed by atoms with Crippen LogP contribution in [0.3, 0.4) is 0 Å². The number of aryl methyl sites for hydroxylation is 1. The van der Waals surface area contributed by atoms with Crippen LogP contribution in [0.4, 0.5) is 5.69 Å². The zero-order valence-corrected chi connectivity index (χ0v) is 16.4. The molecule has 0 radical (unpaired) electrons. The summed E-state index contributed by atoms with van der Waals surface area (Å²) in [7, 11) is 0. The van der Waals surface area contributed by atoms with Gasteiger partial charge in [-0.3, -0.25) is 9.36 Å². The molecule has 0 saturated carbocycles. The molecule has 7 heteroatoms. The highest BCUT2D eigenvalue weighted by atomic mass is 32.2. The first kappa shape index (κ1) is 18.8. The van der Waals surface area contributed by atoms with Crippen molar-refractivity contribution in [2.45, 2.75) is 16.8 Å². The van der Waals surface area contributed by atoms with Crippen molar-refractivity contribution in [3.63, 3.8) is 0 Å². The number of H-pyrrole nitrogens is 1. The van der Waals surface area contributed by atoms with E-state index in [1.165, 1.54) is 16.3 Å². The number of rotatable bonds is 5. The summed E-state index contributed by atoms with van der Waals surface area (Å²) in [5.41, 5.74) is 2.22. The van der Waals surface area contributed by atoms with Crippen LogP contribution < -0.4 is 11.0 Å². The topological polar surface area (TPSA) is 79.8 Å². The molecule has 0 aliphatic carbocycles. The Kier molecular flexibility index (Phi) is 5.31. The Bertz CT molecular complexity index is 1200. The van der Waals surface area contributed by atoms with Gasteiger partial charge >= 0.3 is 5.69 Å². The number of pyridine rings is 1. The third-order valence-electron chi connectivity index (χ3n) is 4.33. The molecule has 0 bridgehead atoms. The molecule has 2 N–H and O–H groups in total. The van der Waals surface area contributed by atoms with Crippen molar-refractivity contribution in [2.75, 3.05) is 5.32 Å². The number of amides is 1. The number of para-hydroxylation sites is 2. The van der Waals surface area contributed by atoms with Gasteiger partial charge in [-0.2, -0.15) is 0 Å². The maximum absolute atomic E-state index is 12.7. The molecule has 0 aliphatic rings. The average Bonchev–Trinajstić information content (AvgIpc) is 3.08. The molecular formula is C22H18N4O2S. The number of carbonyl (C=O) groups is 1. The van der Waals surface area contributed by atoms with Crippen LogP contribution in [0.15, 0.2) is 93.8 Å². The second-order valence-corrected chi connectivity index (χ2v) is 7.43. The van der Waals surface area contributed by atoms with E-state index < -0.39 is 0 Å². The predicted molar refractivity (Wildman–Crippen MR) is 114 cm³/mol. The first-order valence-corrected chi connectivity index (χ1v) is 9.80. The van der Waals surface area contributed by atoms with Crippen LogP contribution in [0.25, 0.3) is 5.69 Å². The second kappa shape index (κ2) is 8.20. The summed E-state index contributed by atoms with van der Waals surface area (Å²) in [4.78, 5) is 32.8. The fourth-order valence-electron chi connectivity index (χ4n) is 2.93. The molecule has 29 heavy (non-hydrogen) atoms. The summed E-state index contributed by atoms with van der Waals surface area (Å²) in [6.45, 7) is 1.83. The zero-order valence-electron chi connectivity index (χ0n) is 15.6. The lowest BCUT2D eigenvalue weighted by atomic mass is 10.2. The van der Waals surface area contributed by atoms with Crippen molar-refractivity contribution in [1.82, 2.24) is 14.5 Å². The SMILES string of the molecule is Cc1c[nH]c(=O)n1-c1ccccc1NC(=O)c1ccc(Sc2ccccn2)cc1. The van der Waals surface area contributed by atoms with Gasteiger partial charge in [-0.05, 0) is 55.5 Å². The van der Waals surface area contributed by atoms with E-state index in [0.717, 1.165) is 15.6 Å². The van der Waals surface area contributed by atoms with E-state index >= 15 is 0 Å².